The summed E-state index contributed by atoms with van der Waals surface area (Å²) < 4.78 is 59.4. The molecule has 0 saturated carbocycles. The maximum Gasteiger partial charge on any atom is 0.397 e. The van der Waals surface area contributed by atoms with Crippen LogP contribution in [0.1, 0.15) is 206 Å². The first-order chi connectivity index (χ1) is 37.1. The quantitative estimate of drug-likeness (QED) is 0.0196. The van der Waals surface area contributed by atoms with Crippen molar-refractivity contribution < 1.29 is 56.2 Å². The van der Waals surface area contributed by atoms with Crippen LogP contribution in [0.3, 0.4) is 0 Å². The molecule has 12 nitrogen and oxygen atoms in total. The third-order valence-corrected chi connectivity index (χ3v) is 13.0. The Bertz CT molecular complexity index is 1780. The first-order valence-electron chi connectivity index (χ1n) is 29.3. The van der Waals surface area contributed by atoms with E-state index in [1.807, 2.05) is 0 Å². The second-order valence-corrected chi connectivity index (χ2v) is 20.5. The summed E-state index contributed by atoms with van der Waals surface area (Å²) in [6, 6.07) is 0. The lowest BCUT2D eigenvalue weighted by Gasteiger charge is -2.41. The van der Waals surface area contributed by atoms with E-state index in [2.05, 4.69) is 140 Å². The molecule has 1 saturated heterocycles. The van der Waals surface area contributed by atoms with Gasteiger partial charge in [0.2, 0.25) is 0 Å². The number of aliphatic hydroxyl groups excluding tert-OH is 3. The normalized spacial score (nSPS) is 19.5. The number of allylic oxidation sites excluding steroid dienone is 20. The topological polar surface area (TPSA) is 178 Å². The van der Waals surface area contributed by atoms with Gasteiger partial charge in [-0.15, -0.1) is 0 Å². The van der Waals surface area contributed by atoms with Crippen molar-refractivity contribution in [2.75, 3.05) is 26.4 Å². The van der Waals surface area contributed by atoms with Gasteiger partial charge < -0.3 is 34.3 Å². The van der Waals surface area contributed by atoms with Crippen molar-refractivity contribution in [3.63, 3.8) is 0 Å². The van der Waals surface area contributed by atoms with Gasteiger partial charge in [0, 0.05) is 13.0 Å². The van der Waals surface area contributed by atoms with Gasteiger partial charge in [-0.1, -0.05) is 212 Å². The fourth-order valence-corrected chi connectivity index (χ4v) is 8.70. The van der Waals surface area contributed by atoms with Gasteiger partial charge in [0.25, 0.3) is 0 Å². The van der Waals surface area contributed by atoms with E-state index in [0.717, 1.165) is 103 Å². The standard InChI is InChI=1S/C63H104O12S/c1-3-5-7-9-11-13-15-17-19-21-23-25-27-29-30-32-34-36-38-40-42-44-46-48-50-52-59(65)73-57(56-72-63-61(67)62(75-76(68,69)70)60(66)58(54-64)74-63)55-71-53-51-49-47-45-43-41-39-37-35-33-31-28-26-24-22-20-18-16-14-12-10-8-6-4-2/h5,7,11,13,16-19,22-25,28-31,34,36,40,42,57-58,60-64,66-67H,3-4,6,8-10,12,14-15,20-21,26-27,32-33,35,37-39,41,43-56H2,1-2H3,(H,68,69,70)/b7-5-,13-11-,18-16-,19-17-,24-22-,25-23-,30-29-,31-28-,36-34-,42-40-. The molecule has 1 aliphatic heterocycles. The Labute approximate surface area is 461 Å². The molecule has 76 heavy (non-hydrogen) atoms. The van der Waals surface area contributed by atoms with Crippen molar-refractivity contribution in [3.05, 3.63) is 122 Å². The maximum absolute atomic E-state index is 13.0. The summed E-state index contributed by atoms with van der Waals surface area (Å²) in [7, 11) is -5.08. The molecule has 0 spiro atoms. The van der Waals surface area contributed by atoms with Crippen molar-refractivity contribution in [2.24, 2.45) is 0 Å². The summed E-state index contributed by atoms with van der Waals surface area (Å²) in [6.45, 7) is 3.81. The molecule has 0 amide bonds. The molecular formula is C63H104O12S. The van der Waals surface area contributed by atoms with Gasteiger partial charge in [-0.05, 0) is 109 Å². The van der Waals surface area contributed by atoms with Crippen molar-refractivity contribution in [1.29, 1.82) is 0 Å². The molecule has 6 atom stereocenters. The van der Waals surface area contributed by atoms with E-state index in [4.69, 9.17) is 18.9 Å². The molecule has 434 valence electrons. The lowest BCUT2D eigenvalue weighted by Crippen LogP contribution is -2.60. The Balaban J connectivity index is 2.36. The van der Waals surface area contributed by atoms with Crippen LogP contribution in [0.25, 0.3) is 0 Å². The minimum absolute atomic E-state index is 0.00988. The van der Waals surface area contributed by atoms with Gasteiger partial charge in [0.15, 0.2) is 6.29 Å². The Hall–Kier alpha value is -3.50. The monoisotopic (exact) mass is 1080 g/mol. The van der Waals surface area contributed by atoms with Gasteiger partial charge >= 0.3 is 16.4 Å². The second-order valence-electron chi connectivity index (χ2n) is 19.5. The summed E-state index contributed by atoms with van der Waals surface area (Å²) in [4.78, 5) is 13.0. The van der Waals surface area contributed by atoms with Crippen LogP contribution in [0, 0.1) is 0 Å². The third kappa shape index (κ3) is 44.5. The van der Waals surface area contributed by atoms with Crippen LogP contribution < -0.4 is 0 Å². The van der Waals surface area contributed by atoms with Crippen LogP contribution >= 0.6 is 0 Å². The summed E-state index contributed by atoms with van der Waals surface area (Å²) >= 11 is 0. The lowest BCUT2D eigenvalue weighted by atomic mass is 9.99. The number of carbonyl (C=O) groups is 1. The minimum Gasteiger partial charge on any atom is -0.457 e. The van der Waals surface area contributed by atoms with Gasteiger partial charge in [0.1, 0.15) is 30.5 Å². The third-order valence-electron chi connectivity index (χ3n) is 12.6. The van der Waals surface area contributed by atoms with E-state index >= 15 is 0 Å². The highest BCUT2D eigenvalue weighted by molar-refractivity contribution is 7.80. The number of unbranched alkanes of at least 4 members (excludes halogenated alkanes) is 17. The predicted octanol–water partition coefficient (Wildman–Crippen LogP) is 14.9. The van der Waals surface area contributed by atoms with Crippen molar-refractivity contribution in [2.45, 2.75) is 243 Å². The molecule has 1 aliphatic rings. The van der Waals surface area contributed by atoms with Gasteiger partial charge in [-0.2, -0.15) is 8.42 Å². The zero-order valence-electron chi connectivity index (χ0n) is 47.0. The largest absolute Gasteiger partial charge is 0.457 e. The number of ether oxygens (including phenoxy) is 4. The van der Waals surface area contributed by atoms with E-state index in [-0.39, 0.29) is 19.6 Å². The van der Waals surface area contributed by atoms with Crippen molar-refractivity contribution in [1.82, 2.24) is 0 Å². The number of esters is 1. The van der Waals surface area contributed by atoms with Gasteiger partial charge in [-0.25, -0.2) is 4.18 Å². The Morgan fingerprint density at radius 3 is 1.33 bits per heavy atom. The SMILES string of the molecule is CC/C=C\C/C=C\C/C=C\C/C=C\C/C=C\C/C=C\C/C=C\CCCCCC(=O)OC(COCCCCCCCCCCC/C=C\C/C=C\C/C=C\CCCCCCC)COC1OC(CO)C(O)C(OS(=O)(=O)O)C1O. The van der Waals surface area contributed by atoms with E-state index in [9.17, 15) is 33.1 Å². The first kappa shape index (κ1) is 70.5. The van der Waals surface area contributed by atoms with Crippen LogP contribution in [-0.4, -0.2) is 97.5 Å². The number of rotatable bonds is 50. The zero-order chi connectivity index (χ0) is 55.3. The lowest BCUT2D eigenvalue weighted by molar-refractivity contribution is -0.301. The molecule has 6 unspecified atom stereocenters. The second kappa shape index (κ2) is 52.2. The predicted molar refractivity (Wildman–Crippen MR) is 312 cm³/mol. The maximum atomic E-state index is 13.0. The molecule has 0 aromatic heterocycles. The molecular weight excluding hydrogens is 981 g/mol. The molecule has 0 aliphatic carbocycles. The smallest absolute Gasteiger partial charge is 0.397 e. The van der Waals surface area contributed by atoms with Crippen LogP contribution in [0.15, 0.2) is 122 Å². The Morgan fingerprint density at radius 2 is 0.908 bits per heavy atom. The van der Waals surface area contributed by atoms with E-state index in [1.165, 1.54) is 77.0 Å². The number of carbonyl (C=O) groups excluding carboxylic acids is 1. The highest BCUT2D eigenvalue weighted by Crippen LogP contribution is 2.26. The molecule has 1 rings (SSSR count). The Kier molecular flexibility index (Phi) is 48.4. The van der Waals surface area contributed by atoms with Gasteiger partial charge in [-0.3, -0.25) is 9.35 Å². The minimum atomic E-state index is -5.08. The summed E-state index contributed by atoms with van der Waals surface area (Å²) in [5.74, 6) is -0.437. The molecule has 4 N–H and O–H groups in total. The van der Waals surface area contributed by atoms with E-state index < -0.39 is 59.8 Å². The summed E-state index contributed by atoms with van der Waals surface area (Å²) in [5, 5.41) is 30.9. The summed E-state index contributed by atoms with van der Waals surface area (Å²) in [5.41, 5.74) is 0. The molecule has 0 aromatic rings. The molecule has 1 heterocycles. The molecule has 0 aromatic carbocycles. The average molecular weight is 1090 g/mol. The zero-order valence-corrected chi connectivity index (χ0v) is 47.8. The van der Waals surface area contributed by atoms with Crippen LogP contribution in [0.2, 0.25) is 0 Å². The van der Waals surface area contributed by atoms with Gasteiger partial charge in [0.05, 0.1) is 19.8 Å². The van der Waals surface area contributed by atoms with Crippen molar-refractivity contribution >= 4 is 16.4 Å². The number of hydrogen-bond acceptors (Lipinski definition) is 11. The molecule has 0 bridgehead atoms. The first-order valence-corrected chi connectivity index (χ1v) is 30.7. The van der Waals surface area contributed by atoms with Crippen LogP contribution in [0.5, 0.6) is 0 Å². The number of hydrogen-bond donors (Lipinski definition) is 4. The fraction of sp³-hybridized carbons (Fsp3) is 0.667. The van der Waals surface area contributed by atoms with Crippen LogP contribution in [0.4, 0.5) is 0 Å². The van der Waals surface area contributed by atoms with E-state index in [0.29, 0.717) is 13.0 Å². The molecule has 0 radical (unpaired) electrons. The highest BCUT2D eigenvalue weighted by atomic mass is 32.3. The highest BCUT2D eigenvalue weighted by Gasteiger charge is 2.48. The average Bonchev–Trinajstić information content (AvgIpc) is 3.40. The Morgan fingerprint density at radius 1 is 0.513 bits per heavy atom. The molecule has 13 heteroatoms. The fourth-order valence-electron chi connectivity index (χ4n) is 8.19. The number of aliphatic hydroxyl groups is 3. The summed E-state index contributed by atoms with van der Waals surface area (Å²) in [6.07, 6.45) is 66.6. The van der Waals surface area contributed by atoms with Crippen LogP contribution in [-0.2, 0) is 38.3 Å². The molecule has 1 fully saturated rings. The van der Waals surface area contributed by atoms with Crippen molar-refractivity contribution in [3.8, 4) is 0 Å². The van der Waals surface area contributed by atoms with E-state index in [1.54, 1.807) is 0 Å².